The van der Waals surface area contributed by atoms with Crippen LogP contribution < -0.4 is 15.7 Å². The van der Waals surface area contributed by atoms with Crippen molar-refractivity contribution in [2.45, 2.75) is 6.92 Å². The quantitative estimate of drug-likeness (QED) is 0.741. The molecule has 1 N–H and O–H groups in total. The Kier molecular flexibility index (Phi) is 3.36. The van der Waals surface area contributed by atoms with E-state index in [1.54, 1.807) is 7.11 Å². The second kappa shape index (κ2) is 5.32. The van der Waals surface area contributed by atoms with E-state index in [2.05, 4.69) is 5.32 Å². The summed E-state index contributed by atoms with van der Waals surface area (Å²) in [4.78, 5) is 11.7. The van der Waals surface area contributed by atoms with Crippen LogP contribution in [0.25, 0.3) is 11.0 Å². The molecule has 0 aliphatic heterocycles. The Bertz CT molecular complexity index is 835. The molecule has 21 heavy (non-hydrogen) atoms. The van der Waals surface area contributed by atoms with E-state index in [1.165, 1.54) is 6.07 Å². The summed E-state index contributed by atoms with van der Waals surface area (Å²) in [5, 5.41) is 4.13. The predicted octanol–water partition coefficient (Wildman–Crippen LogP) is 3.85. The molecule has 106 valence electrons. The molecule has 1 heterocycles. The van der Waals surface area contributed by atoms with E-state index in [4.69, 9.17) is 9.15 Å². The van der Waals surface area contributed by atoms with Crippen LogP contribution in [0.3, 0.4) is 0 Å². The summed E-state index contributed by atoms with van der Waals surface area (Å²) in [6, 6.07) is 14.8. The number of nitrogens with one attached hydrogen (secondary N) is 1. The second-order valence-electron chi connectivity index (χ2n) is 4.78. The minimum atomic E-state index is -0.368. The molecule has 0 saturated heterocycles. The summed E-state index contributed by atoms with van der Waals surface area (Å²) in [5.41, 5.74) is 2.79. The summed E-state index contributed by atoms with van der Waals surface area (Å²) in [6.07, 6.45) is 0. The number of aryl methyl sites for hydroxylation is 1. The SMILES string of the molecule is COc1ccc(Nc2cc(=O)oc3c(C)cccc23)cc1. The Morgan fingerprint density at radius 1 is 1.10 bits per heavy atom. The van der Waals surface area contributed by atoms with E-state index in [0.717, 1.165) is 28.1 Å². The van der Waals surface area contributed by atoms with Crippen LogP contribution in [0, 0.1) is 6.92 Å². The third-order valence-corrected chi connectivity index (χ3v) is 3.34. The normalized spacial score (nSPS) is 10.6. The first-order valence-electron chi connectivity index (χ1n) is 6.62. The maximum atomic E-state index is 11.7. The first-order valence-corrected chi connectivity index (χ1v) is 6.62. The predicted molar refractivity (Wildman–Crippen MR) is 83.5 cm³/mol. The lowest BCUT2D eigenvalue weighted by atomic mass is 10.1. The molecule has 2 aromatic carbocycles. The molecule has 0 aliphatic rings. The molecule has 0 fully saturated rings. The molecule has 3 aromatic rings. The molecule has 1 aromatic heterocycles. The minimum Gasteiger partial charge on any atom is -0.497 e. The Morgan fingerprint density at radius 2 is 1.86 bits per heavy atom. The number of hydrogen-bond donors (Lipinski definition) is 1. The molecule has 0 saturated carbocycles. The van der Waals surface area contributed by atoms with E-state index in [9.17, 15) is 4.79 Å². The van der Waals surface area contributed by atoms with E-state index < -0.39 is 0 Å². The molecule has 0 atom stereocenters. The van der Waals surface area contributed by atoms with Gasteiger partial charge in [0.1, 0.15) is 11.3 Å². The number of methoxy groups -OCH3 is 1. The fourth-order valence-corrected chi connectivity index (χ4v) is 2.26. The molecule has 4 nitrogen and oxygen atoms in total. The molecular formula is C17H15NO3. The van der Waals surface area contributed by atoms with Gasteiger partial charge < -0.3 is 14.5 Å². The number of benzene rings is 2. The summed E-state index contributed by atoms with van der Waals surface area (Å²) in [5.74, 6) is 0.786. The second-order valence-corrected chi connectivity index (χ2v) is 4.78. The largest absolute Gasteiger partial charge is 0.497 e. The van der Waals surface area contributed by atoms with Crippen molar-refractivity contribution in [3.63, 3.8) is 0 Å². The van der Waals surface area contributed by atoms with Crippen molar-refractivity contribution >= 4 is 22.3 Å². The first-order chi connectivity index (χ1) is 10.2. The van der Waals surface area contributed by atoms with Crippen LogP contribution in [0.5, 0.6) is 5.75 Å². The van der Waals surface area contributed by atoms with Gasteiger partial charge in [-0.2, -0.15) is 0 Å². The van der Waals surface area contributed by atoms with Crippen LogP contribution in [0.15, 0.2) is 57.7 Å². The Labute approximate surface area is 122 Å². The maximum Gasteiger partial charge on any atom is 0.338 e. The standard InChI is InChI=1S/C17H15NO3/c1-11-4-3-5-14-15(10-16(19)21-17(11)14)18-12-6-8-13(20-2)9-7-12/h3-10,18H,1-2H3. The number of fused-ring (bicyclic) bond motifs is 1. The number of ether oxygens (including phenoxy) is 1. The topological polar surface area (TPSA) is 51.5 Å². The van der Waals surface area contributed by atoms with Gasteiger partial charge in [0.05, 0.1) is 12.8 Å². The summed E-state index contributed by atoms with van der Waals surface area (Å²) in [6.45, 7) is 1.92. The van der Waals surface area contributed by atoms with Gasteiger partial charge in [-0.25, -0.2) is 4.79 Å². The van der Waals surface area contributed by atoms with Crippen molar-refractivity contribution in [3.05, 3.63) is 64.5 Å². The van der Waals surface area contributed by atoms with E-state index >= 15 is 0 Å². The molecule has 0 unspecified atom stereocenters. The fourth-order valence-electron chi connectivity index (χ4n) is 2.26. The highest BCUT2D eigenvalue weighted by Gasteiger charge is 2.07. The highest BCUT2D eigenvalue weighted by molar-refractivity contribution is 5.93. The number of anilines is 2. The summed E-state index contributed by atoms with van der Waals surface area (Å²) >= 11 is 0. The summed E-state index contributed by atoms with van der Waals surface area (Å²) < 4.78 is 10.4. The van der Waals surface area contributed by atoms with Crippen molar-refractivity contribution in [1.29, 1.82) is 0 Å². The monoisotopic (exact) mass is 281 g/mol. The lowest BCUT2D eigenvalue weighted by Crippen LogP contribution is -2.01. The van der Waals surface area contributed by atoms with Gasteiger partial charge in [0.15, 0.2) is 0 Å². The van der Waals surface area contributed by atoms with Crippen molar-refractivity contribution in [2.24, 2.45) is 0 Å². The molecular weight excluding hydrogens is 266 g/mol. The molecule has 0 amide bonds. The number of rotatable bonds is 3. The molecule has 4 heteroatoms. The van der Waals surface area contributed by atoms with E-state index in [0.29, 0.717) is 5.58 Å². The zero-order chi connectivity index (χ0) is 14.8. The highest BCUT2D eigenvalue weighted by atomic mass is 16.5. The van der Waals surface area contributed by atoms with Crippen LogP contribution in [0.4, 0.5) is 11.4 Å². The Morgan fingerprint density at radius 3 is 2.57 bits per heavy atom. The van der Waals surface area contributed by atoms with Gasteiger partial charge >= 0.3 is 5.63 Å². The average molecular weight is 281 g/mol. The maximum absolute atomic E-state index is 11.7. The number of hydrogen-bond acceptors (Lipinski definition) is 4. The van der Waals surface area contributed by atoms with Gasteiger partial charge in [-0.3, -0.25) is 0 Å². The Hall–Kier alpha value is -2.75. The van der Waals surface area contributed by atoms with Gasteiger partial charge in [0, 0.05) is 17.1 Å². The minimum absolute atomic E-state index is 0.368. The number of para-hydroxylation sites is 1. The van der Waals surface area contributed by atoms with Crippen LogP contribution in [-0.2, 0) is 0 Å². The molecule has 0 spiro atoms. The lowest BCUT2D eigenvalue weighted by Gasteiger charge is -2.10. The van der Waals surface area contributed by atoms with Gasteiger partial charge in [-0.05, 0) is 42.8 Å². The summed E-state index contributed by atoms with van der Waals surface area (Å²) in [7, 11) is 1.63. The lowest BCUT2D eigenvalue weighted by molar-refractivity contribution is 0.415. The molecule has 3 rings (SSSR count). The van der Waals surface area contributed by atoms with E-state index in [1.807, 2.05) is 49.4 Å². The molecule has 0 radical (unpaired) electrons. The third kappa shape index (κ3) is 2.60. The zero-order valence-electron chi connectivity index (χ0n) is 11.8. The zero-order valence-corrected chi connectivity index (χ0v) is 11.8. The van der Waals surface area contributed by atoms with Crippen LogP contribution in [0.1, 0.15) is 5.56 Å². The molecule has 0 aliphatic carbocycles. The van der Waals surface area contributed by atoms with Gasteiger partial charge in [0.25, 0.3) is 0 Å². The van der Waals surface area contributed by atoms with Crippen LogP contribution >= 0.6 is 0 Å². The van der Waals surface area contributed by atoms with Gasteiger partial charge in [-0.15, -0.1) is 0 Å². The van der Waals surface area contributed by atoms with E-state index in [-0.39, 0.29) is 5.63 Å². The van der Waals surface area contributed by atoms with Crippen LogP contribution in [0.2, 0.25) is 0 Å². The van der Waals surface area contributed by atoms with Crippen LogP contribution in [-0.4, -0.2) is 7.11 Å². The smallest absolute Gasteiger partial charge is 0.338 e. The van der Waals surface area contributed by atoms with Crippen molar-refractivity contribution in [1.82, 2.24) is 0 Å². The Balaban J connectivity index is 2.07. The van der Waals surface area contributed by atoms with Gasteiger partial charge in [0.2, 0.25) is 0 Å². The highest BCUT2D eigenvalue weighted by Crippen LogP contribution is 2.27. The van der Waals surface area contributed by atoms with Crippen molar-refractivity contribution < 1.29 is 9.15 Å². The third-order valence-electron chi connectivity index (χ3n) is 3.34. The first kappa shape index (κ1) is 13.2. The van der Waals surface area contributed by atoms with Crippen molar-refractivity contribution in [3.8, 4) is 5.75 Å². The average Bonchev–Trinajstić information content (AvgIpc) is 2.49. The van der Waals surface area contributed by atoms with Crippen molar-refractivity contribution in [2.75, 3.05) is 12.4 Å². The molecule has 0 bridgehead atoms. The fraction of sp³-hybridized carbons (Fsp3) is 0.118. The van der Waals surface area contributed by atoms with Gasteiger partial charge in [-0.1, -0.05) is 12.1 Å².